The molecule has 0 radical (unpaired) electrons. The van der Waals surface area contributed by atoms with Gasteiger partial charge in [0.15, 0.2) is 6.29 Å². The summed E-state index contributed by atoms with van der Waals surface area (Å²) >= 11 is 0. The first-order chi connectivity index (χ1) is 9.13. The first-order valence-electron chi connectivity index (χ1n) is 6.10. The minimum Gasteiger partial charge on any atom is -0.394 e. The van der Waals surface area contributed by atoms with Gasteiger partial charge in [0.1, 0.15) is 24.4 Å². The molecular formula is C13H18O6. The smallest absolute Gasteiger partial charge is 0.184 e. The number of benzene rings is 1. The van der Waals surface area contributed by atoms with Crippen LogP contribution >= 0.6 is 0 Å². The molecule has 0 aliphatic carbocycles. The van der Waals surface area contributed by atoms with Gasteiger partial charge < -0.3 is 29.9 Å². The molecule has 1 fully saturated rings. The van der Waals surface area contributed by atoms with Crippen LogP contribution in [0.2, 0.25) is 0 Å². The first-order valence-corrected chi connectivity index (χ1v) is 6.10. The summed E-state index contributed by atoms with van der Waals surface area (Å²) in [7, 11) is 0. The summed E-state index contributed by atoms with van der Waals surface area (Å²) in [5.41, 5.74) is 0.814. The molecule has 5 atom stereocenters. The Morgan fingerprint density at radius 1 is 1.16 bits per heavy atom. The van der Waals surface area contributed by atoms with Gasteiger partial charge in [-0.1, -0.05) is 30.3 Å². The van der Waals surface area contributed by atoms with E-state index in [-0.39, 0.29) is 6.61 Å². The molecule has 1 unspecified atom stereocenters. The summed E-state index contributed by atoms with van der Waals surface area (Å²) in [5, 5.41) is 37.5. The number of hydrogen-bond donors (Lipinski definition) is 4. The third kappa shape index (κ3) is 3.30. The van der Waals surface area contributed by atoms with Crippen LogP contribution in [0.4, 0.5) is 0 Å². The molecule has 4 N–H and O–H groups in total. The lowest BCUT2D eigenvalue weighted by atomic mass is 10.0. The summed E-state index contributed by atoms with van der Waals surface area (Å²) in [6, 6.07) is 9.22. The van der Waals surface area contributed by atoms with E-state index < -0.39 is 37.3 Å². The van der Waals surface area contributed by atoms with Crippen molar-refractivity contribution in [2.75, 3.05) is 13.2 Å². The molecule has 106 valence electrons. The molecule has 6 heteroatoms. The van der Waals surface area contributed by atoms with Crippen molar-refractivity contribution >= 4 is 0 Å². The molecule has 1 aromatic rings. The second kappa shape index (κ2) is 6.42. The van der Waals surface area contributed by atoms with Gasteiger partial charge in [-0.3, -0.25) is 0 Å². The standard InChI is InChI=1S/C13H18O6/c14-6-9(15)11(16)12(17)10-7-18-13(19-10)8-4-2-1-3-5-8/h1-5,9-17H,6-7H2/t9-,10+,11-,12-,13?/m0/s1. The molecule has 1 aliphatic heterocycles. The highest BCUT2D eigenvalue weighted by Gasteiger charge is 2.38. The zero-order valence-electron chi connectivity index (χ0n) is 10.3. The molecule has 6 nitrogen and oxygen atoms in total. The zero-order chi connectivity index (χ0) is 13.8. The maximum atomic E-state index is 9.86. The molecule has 19 heavy (non-hydrogen) atoms. The summed E-state index contributed by atoms with van der Waals surface area (Å²) in [5.74, 6) is 0. The van der Waals surface area contributed by atoms with Crippen LogP contribution in [0.1, 0.15) is 11.9 Å². The highest BCUT2D eigenvalue weighted by atomic mass is 16.7. The number of aliphatic hydroxyl groups excluding tert-OH is 4. The van der Waals surface area contributed by atoms with Gasteiger partial charge in [0, 0.05) is 5.56 Å². The first kappa shape index (κ1) is 14.4. The van der Waals surface area contributed by atoms with Crippen LogP contribution in [0.5, 0.6) is 0 Å². The second-order valence-electron chi connectivity index (χ2n) is 4.48. The van der Waals surface area contributed by atoms with Crippen LogP contribution in [-0.2, 0) is 9.47 Å². The summed E-state index contributed by atoms with van der Waals surface area (Å²) in [4.78, 5) is 0. The molecule has 0 spiro atoms. The normalized spacial score (nSPS) is 28.0. The lowest BCUT2D eigenvalue weighted by Crippen LogP contribution is -2.46. The summed E-state index contributed by atoms with van der Waals surface area (Å²) < 4.78 is 10.9. The summed E-state index contributed by atoms with van der Waals surface area (Å²) in [6.07, 6.45) is -5.56. The molecule has 1 aromatic carbocycles. The third-order valence-corrected chi connectivity index (χ3v) is 3.09. The van der Waals surface area contributed by atoms with Gasteiger partial charge in [0.25, 0.3) is 0 Å². The van der Waals surface area contributed by atoms with Crippen LogP contribution < -0.4 is 0 Å². The molecule has 1 heterocycles. The van der Waals surface area contributed by atoms with Gasteiger partial charge in [0.05, 0.1) is 13.2 Å². The Kier molecular flexibility index (Phi) is 4.87. The average Bonchev–Trinajstić information content (AvgIpc) is 2.95. The minimum absolute atomic E-state index is 0.107. The number of aliphatic hydroxyl groups is 4. The van der Waals surface area contributed by atoms with Gasteiger partial charge in [-0.15, -0.1) is 0 Å². The third-order valence-electron chi connectivity index (χ3n) is 3.09. The fraction of sp³-hybridized carbons (Fsp3) is 0.538. The zero-order valence-corrected chi connectivity index (χ0v) is 10.3. The van der Waals surface area contributed by atoms with E-state index in [9.17, 15) is 15.3 Å². The monoisotopic (exact) mass is 270 g/mol. The Balaban J connectivity index is 1.95. The number of ether oxygens (including phenoxy) is 2. The van der Waals surface area contributed by atoms with Crippen LogP contribution in [0.15, 0.2) is 30.3 Å². The lowest BCUT2D eigenvalue weighted by molar-refractivity contribution is -0.134. The van der Waals surface area contributed by atoms with Crippen molar-refractivity contribution in [2.24, 2.45) is 0 Å². The van der Waals surface area contributed by atoms with E-state index >= 15 is 0 Å². The molecule has 1 aliphatic rings. The van der Waals surface area contributed by atoms with Crippen LogP contribution in [-0.4, -0.2) is 58.1 Å². The van der Waals surface area contributed by atoms with Gasteiger partial charge in [-0.05, 0) is 0 Å². The van der Waals surface area contributed by atoms with Crippen molar-refractivity contribution in [1.29, 1.82) is 0 Å². The van der Waals surface area contributed by atoms with E-state index in [1.54, 1.807) is 0 Å². The Bertz CT molecular complexity index is 384. The Morgan fingerprint density at radius 2 is 1.84 bits per heavy atom. The quantitative estimate of drug-likeness (QED) is 0.558. The van der Waals surface area contributed by atoms with Crippen molar-refractivity contribution in [2.45, 2.75) is 30.7 Å². The van der Waals surface area contributed by atoms with E-state index in [0.717, 1.165) is 5.56 Å². The molecule has 0 saturated carbocycles. The van der Waals surface area contributed by atoms with Crippen molar-refractivity contribution in [3.8, 4) is 0 Å². The van der Waals surface area contributed by atoms with Crippen molar-refractivity contribution in [3.63, 3.8) is 0 Å². The molecule has 0 amide bonds. The maximum Gasteiger partial charge on any atom is 0.184 e. The van der Waals surface area contributed by atoms with Gasteiger partial charge in [-0.2, -0.15) is 0 Å². The fourth-order valence-corrected chi connectivity index (χ4v) is 1.94. The molecular weight excluding hydrogens is 252 g/mol. The van der Waals surface area contributed by atoms with Gasteiger partial charge >= 0.3 is 0 Å². The van der Waals surface area contributed by atoms with Gasteiger partial charge in [-0.25, -0.2) is 0 Å². The minimum atomic E-state index is -1.48. The van der Waals surface area contributed by atoms with Crippen LogP contribution in [0.25, 0.3) is 0 Å². The topological polar surface area (TPSA) is 99.4 Å². The van der Waals surface area contributed by atoms with Crippen molar-refractivity contribution < 1.29 is 29.9 Å². The highest BCUT2D eigenvalue weighted by molar-refractivity contribution is 5.16. The molecule has 2 rings (SSSR count). The average molecular weight is 270 g/mol. The van der Waals surface area contributed by atoms with Gasteiger partial charge in [0.2, 0.25) is 0 Å². The Hall–Kier alpha value is -1.02. The number of rotatable bonds is 5. The van der Waals surface area contributed by atoms with Crippen molar-refractivity contribution in [1.82, 2.24) is 0 Å². The molecule has 0 bridgehead atoms. The Labute approximate surface area is 110 Å². The SMILES string of the molecule is OC[C@H](O)[C@H](O)[C@@H](O)[C@H]1COC(c2ccccc2)O1. The maximum absolute atomic E-state index is 9.86. The van der Waals surface area contributed by atoms with E-state index in [4.69, 9.17) is 14.6 Å². The van der Waals surface area contributed by atoms with E-state index in [0.29, 0.717) is 0 Å². The molecule has 0 aromatic heterocycles. The predicted molar refractivity (Wildman–Crippen MR) is 65.1 cm³/mol. The highest BCUT2D eigenvalue weighted by Crippen LogP contribution is 2.29. The largest absolute Gasteiger partial charge is 0.394 e. The van der Waals surface area contributed by atoms with E-state index in [2.05, 4.69) is 0 Å². The Morgan fingerprint density at radius 3 is 2.47 bits per heavy atom. The van der Waals surface area contributed by atoms with Crippen molar-refractivity contribution in [3.05, 3.63) is 35.9 Å². The van der Waals surface area contributed by atoms with E-state index in [1.807, 2.05) is 30.3 Å². The van der Waals surface area contributed by atoms with E-state index in [1.165, 1.54) is 0 Å². The van der Waals surface area contributed by atoms with Crippen LogP contribution in [0.3, 0.4) is 0 Å². The molecule has 1 saturated heterocycles. The second-order valence-corrected chi connectivity index (χ2v) is 4.48. The predicted octanol–water partition coefficient (Wildman–Crippen LogP) is -0.824. The fourth-order valence-electron chi connectivity index (χ4n) is 1.94. The lowest BCUT2D eigenvalue weighted by Gasteiger charge is -2.25. The van der Waals surface area contributed by atoms with Crippen LogP contribution in [0, 0.1) is 0 Å². The number of hydrogen-bond acceptors (Lipinski definition) is 6. The summed E-state index contributed by atoms with van der Waals surface area (Å²) in [6.45, 7) is -0.524.